The van der Waals surface area contributed by atoms with Gasteiger partial charge in [-0.2, -0.15) is 0 Å². The molecule has 1 aromatic rings. The first-order chi connectivity index (χ1) is 11.2. The predicted octanol–water partition coefficient (Wildman–Crippen LogP) is 0.916. The van der Waals surface area contributed by atoms with Crippen molar-refractivity contribution >= 4 is 29.2 Å². The van der Waals surface area contributed by atoms with E-state index >= 15 is 0 Å². The van der Waals surface area contributed by atoms with E-state index in [1.54, 1.807) is 13.0 Å². The van der Waals surface area contributed by atoms with Crippen molar-refractivity contribution in [1.29, 1.82) is 0 Å². The largest absolute Gasteiger partial charge is 0.479 e. The zero-order valence-electron chi connectivity index (χ0n) is 13.5. The first-order valence-electron chi connectivity index (χ1n) is 7.40. The monoisotopic (exact) mass is 334 g/mol. The number of nitrogens with zero attached hydrogens (tertiary/aromatic N) is 1. The number of aliphatic imine (C=N–C) groups is 1. The average molecular weight is 334 g/mol. The molecule has 3 N–H and O–H groups in total. The van der Waals surface area contributed by atoms with E-state index in [9.17, 15) is 29.4 Å². The standard InChI is InChI=1S/C16H18N2O6/c1-4-11-15(8(2)19,9(3)20)12(10-6-5-7-17-10)18-16(11,13(21)22)14(23)24/h5-7,11,17H,4H2,1-3H3,(H,21,22)(H,23,24). The Balaban J connectivity index is 2.95. The molecule has 2 rings (SSSR count). The molecule has 2 heterocycles. The molecule has 0 aromatic carbocycles. The van der Waals surface area contributed by atoms with Crippen molar-refractivity contribution in [3.05, 3.63) is 24.0 Å². The topological polar surface area (TPSA) is 137 Å². The molecular formula is C16H18N2O6. The van der Waals surface area contributed by atoms with E-state index in [-0.39, 0.29) is 17.8 Å². The van der Waals surface area contributed by atoms with Gasteiger partial charge in [-0.05, 0) is 32.4 Å². The molecule has 128 valence electrons. The fourth-order valence-corrected chi connectivity index (χ4v) is 3.73. The van der Waals surface area contributed by atoms with E-state index in [1.165, 1.54) is 12.3 Å². The Morgan fingerprint density at radius 3 is 2.04 bits per heavy atom. The number of aromatic amines is 1. The lowest BCUT2D eigenvalue weighted by molar-refractivity contribution is -0.161. The Morgan fingerprint density at radius 1 is 1.17 bits per heavy atom. The summed E-state index contributed by atoms with van der Waals surface area (Å²) in [5.74, 6) is -5.97. The maximum Gasteiger partial charge on any atom is 0.343 e. The minimum atomic E-state index is -2.59. The third kappa shape index (κ3) is 1.95. The Morgan fingerprint density at radius 2 is 1.71 bits per heavy atom. The summed E-state index contributed by atoms with van der Waals surface area (Å²) in [6, 6.07) is 3.11. The highest BCUT2D eigenvalue weighted by atomic mass is 16.4. The van der Waals surface area contributed by atoms with Gasteiger partial charge in [-0.1, -0.05) is 6.92 Å². The molecule has 0 bridgehead atoms. The van der Waals surface area contributed by atoms with Crippen LogP contribution in [-0.4, -0.2) is 50.0 Å². The molecule has 1 aliphatic heterocycles. The Hall–Kier alpha value is -2.77. The number of ketones is 2. The summed E-state index contributed by atoms with van der Waals surface area (Å²) < 4.78 is 0. The van der Waals surface area contributed by atoms with E-state index < -0.39 is 40.4 Å². The summed E-state index contributed by atoms with van der Waals surface area (Å²) >= 11 is 0. The molecule has 0 aliphatic carbocycles. The van der Waals surface area contributed by atoms with Crippen LogP contribution in [0.15, 0.2) is 23.3 Å². The fourth-order valence-electron chi connectivity index (χ4n) is 3.73. The van der Waals surface area contributed by atoms with Gasteiger partial charge in [0.25, 0.3) is 5.54 Å². The number of aliphatic carboxylic acids is 2. The first-order valence-corrected chi connectivity index (χ1v) is 7.40. The molecular weight excluding hydrogens is 316 g/mol. The summed E-state index contributed by atoms with van der Waals surface area (Å²) in [5, 5.41) is 19.3. The van der Waals surface area contributed by atoms with E-state index in [1.807, 2.05) is 0 Å². The Labute approximate surface area is 137 Å². The van der Waals surface area contributed by atoms with Crippen LogP contribution in [0, 0.1) is 11.3 Å². The minimum absolute atomic E-state index is 0.0224. The van der Waals surface area contributed by atoms with Gasteiger partial charge in [0.15, 0.2) is 0 Å². The quantitative estimate of drug-likeness (QED) is 0.661. The second-order valence-corrected chi connectivity index (χ2v) is 5.80. The molecule has 1 aliphatic rings. The van der Waals surface area contributed by atoms with Gasteiger partial charge in [0.05, 0.1) is 11.4 Å². The van der Waals surface area contributed by atoms with Crippen LogP contribution in [0.25, 0.3) is 0 Å². The van der Waals surface area contributed by atoms with Crippen LogP contribution in [0.5, 0.6) is 0 Å². The Kier molecular flexibility index (Phi) is 4.18. The summed E-state index contributed by atoms with van der Waals surface area (Å²) in [6.07, 6.45) is 1.50. The molecule has 1 aromatic heterocycles. The molecule has 24 heavy (non-hydrogen) atoms. The van der Waals surface area contributed by atoms with E-state index in [4.69, 9.17) is 0 Å². The Bertz CT molecular complexity index is 719. The second-order valence-electron chi connectivity index (χ2n) is 5.80. The van der Waals surface area contributed by atoms with Crippen LogP contribution in [0.1, 0.15) is 32.9 Å². The lowest BCUT2D eigenvalue weighted by atomic mass is 9.61. The lowest BCUT2D eigenvalue weighted by Gasteiger charge is -2.35. The van der Waals surface area contributed by atoms with E-state index in [2.05, 4.69) is 9.98 Å². The number of hydrogen-bond donors (Lipinski definition) is 3. The molecule has 0 saturated carbocycles. The summed E-state index contributed by atoms with van der Waals surface area (Å²) in [4.78, 5) is 55.5. The van der Waals surface area contributed by atoms with Crippen molar-refractivity contribution in [2.45, 2.75) is 32.7 Å². The molecule has 0 radical (unpaired) electrons. The van der Waals surface area contributed by atoms with Crippen LogP contribution in [0.4, 0.5) is 0 Å². The normalized spacial score (nSPS) is 21.1. The highest BCUT2D eigenvalue weighted by Crippen LogP contribution is 2.50. The van der Waals surface area contributed by atoms with Gasteiger partial charge in [-0.15, -0.1) is 0 Å². The van der Waals surface area contributed by atoms with Crippen molar-refractivity contribution in [1.82, 2.24) is 4.98 Å². The molecule has 8 heteroatoms. The van der Waals surface area contributed by atoms with Gasteiger partial charge in [0.2, 0.25) is 0 Å². The number of H-pyrrole nitrogens is 1. The van der Waals surface area contributed by atoms with Crippen molar-refractivity contribution in [2.75, 3.05) is 0 Å². The van der Waals surface area contributed by atoms with Gasteiger partial charge >= 0.3 is 11.9 Å². The molecule has 0 saturated heterocycles. The van der Waals surface area contributed by atoms with Crippen molar-refractivity contribution in [2.24, 2.45) is 16.3 Å². The predicted molar refractivity (Wildman–Crippen MR) is 82.9 cm³/mol. The minimum Gasteiger partial charge on any atom is -0.479 e. The zero-order valence-corrected chi connectivity index (χ0v) is 13.5. The summed E-state index contributed by atoms with van der Waals surface area (Å²) in [6.45, 7) is 3.85. The van der Waals surface area contributed by atoms with Crippen molar-refractivity contribution in [3.8, 4) is 0 Å². The number of carbonyl (C=O) groups excluding carboxylic acids is 2. The number of carboxylic acids is 2. The number of Topliss-reactive ketones (excluding diaryl/α,β-unsaturated/α-hetero) is 2. The SMILES string of the molecule is CCC1C(C(=O)O)(C(=O)O)N=C(c2ccc[nH]2)C1(C(C)=O)C(C)=O. The third-order valence-corrected chi connectivity index (χ3v) is 4.71. The first kappa shape index (κ1) is 17.6. The lowest BCUT2D eigenvalue weighted by Crippen LogP contribution is -2.57. The smallest absolute Gasteiger partial charge is 0.343 e. The number of carbonyl (C=O) groups is 4. The van der Waals surface area contributed by atoms with Crippen LogP contribution in [-0.2, 0) is 19.2 Å². The molecule has 0 spiro atoms. The van der Waals surface area contributed by atoms with Crippen LogP contribution < -0.4 is 0 Å². The number of aromatic nitrogens is 1. The van der Waals surface area contributed by atoms with Crippen molar-refractivity contribution in [3.63, 3.8) is 0 Å². The third-order valence-electron chi connectivity index (χ3n) is 4.71. The summed E-state index contributed by atoms with van der Waals surface area (Å²) in [5.41, 5.74) is -4.39. The van der Waals surface area contributed by atoms with Gasteiger partial charge < -0.3 is 15.2 Å². The maximum atomic E-state index is 12.5. The molecule has 1 unspecified atom stereocenters. The number of nitrogens with one attached hydrogen (secondary N) is 1. The molecule has 0 fully saturated rings. The van der Waals surface area contributed by atoms with Gasteiger partial charge in [0.1, 0.15) is 17.0 Å². The second kappa shape index (κ2) is 5.70. The van der Waals surface area contributed by atoms with Crippen molar-refractivity contribution < 1.29 is 29.4 Å². The highest BCUT2D eigenvalue weighted by Gasteiger charge is 2.70. The van der Waals surface area contributed by atoms with Gasteiger partial charge in [-0.25, -0.2) is 9.59 Å². The summed E-state index contributed by atoms with van der Waals surface area (Å²) in [7, 11) is 0. The number of rotatable bonds is 6. The molecule has 1 atom stereocenters. The highest BCUT2D eigenvalue weighted by molar-refractivity contribution is 6.33. The van der Waals surface area contributed by atoms with Crippen LogP contribution in [0.2, 0.25) is 0 Å². The maximum absolute atomic E-state index is 12.5. The fraction of sp³-hybridized carbons (Fsp3) is 0.438. The zero-order chi connectivity index (χ0) is 18.3. The molecule has 0 amide bonds. The van der Waals surface area contributed by atoms with Crippen LogP contribution in [0.3, 0.4) is 0 Å². The van der Waals surface area contributed by atoms with Crippen LogP contribution >= 0.6 is 0 Å². The van der Waals surface area contributed by atoms with E-state index in [0.29, 0.717) is 0 Å². The average Bonchev–Trinajstić information content (AvgIpc) is 3.10. The van der Waals surface area contributed by atoms with E-state index in [0.717, 1.165) is 13.8 Å². The molecule has 8 nitrogen and oxygen atoms in total. The number of hydrogen-bond acceptors (Lipinski definition) is 5. The van der Waals surface area contributed by atoms with Gasteiger partial charge in [-0.3, -0.25) is 14.6 Å². The van der Waals surface area contributed by atoms with Gasteiger partial charge in [0, 0.05) is 12.1 Å². The number of carboxylic acid groups (broad SMARTS) is 2.